The summed E-state index contributed by atoms with van der Waals surface area (Å²) < 4.78 is 0. The fraction of sp³-hybridized carbons (Fsp3) is 0.250. The normalized spacial score (nSPS) is 13.0. The van der Waals surface area contributed by atoms with Crippen LogP contribution >= 0.6 is 22.9 Å². The van der Waals surface area contributed by atoms with Crippen LogP contribution in [0, 0.1) is 10.1 Å². The second kappa shape index (κ2) is 5.38. The van der Waals surface area contributed by atoms with Crippen LogP contribution in [0.5, 0.6) is 0 Å². The Morgan fingerprint density at radius 1 is 1.48 bits per heavy atom. The van der Waals surface area contributed by atoms with Gasteiger partial charge in [-0.25, -0.2) is 9.97 Å². The van der Waals surface area contributed by atoms with E-state index in [1.54, 1.807) is 0 Å². The van der Waals surface area contributed by atoms with Crippen LogP contribution in [0.1, 0.15) is 27.3 Å². The summed E-state index contributed by atoms with van der Waals surface area (Å²) in [4.78, 5) is 31.6. The molecular formula is C12H9ClN4O3S. The largest absolute Gasteiger partial charge is 0.319 e. The first-order valence-electron chi connectivity index (χ1n) is 6.15. The average molecular weight is 325 g/mol. The van der Waals surface area contributed by atoms with Gasteiger partial charge in [0.25, 0.3) is 5.91 Å². The minimum absolute atomic E-state index is 0.129. The van der Waals surface area contributed by atoms with Crippen LogP contribution in [0.25, 0.3) is 0 Å². The van der Waals surface area contributed by atoms with Crippen LogP contribution in [0.15, 0.2) is 12.3 Å². The summed E-state index contributed by atoms with van der Waals surface area (Å²) >= 11 is 7.09. The zero-order chi connectivity index (χ0) is 15.0. The highest BCUT2D eigenvalue weighted by atomic mass is 35.5. The lowest BCUT2D eigenvalue weighted by Gasteiger charge is -2.03. The third-order valence-electron chi connectivity index (χ3n) is 3.12. The van der Waals surface area contributed by atoms with Crippen LogP contribution < -0.4 is 5.32 Å². The van der Waals surface area contributed by atoms with Gasteiger partial charge in [0.1, 0.15) is 5.56 Å². The van der Waals surface area contributed by atoms with Crippen molar-refractivity contribution in [2.75, 3.05) is 5.32 Å². The van der Waals surface area contributed by atoms with E-state index in [1.165, 1.54) is 23.6 Å². The first kappa shape index (κ1) is 13.9. The van der Waals surface area contributed by atoms with E-state index >= 15 is 0 Å². The Balaban J connectivity index is 1.88. The molecule has 1 aliphatic rings. The van der Waals surface area contributed by atoms with Crippen molar-refractivity contribution in [3.05, 3.63) is 43.7 Å². The third kappa shape index (κ3) is 2.59. The van der Waals surface area contributed by atoms with E-state index in [0.717, 1.165) is 29.8 Å². The molecule has 2 heterocycles. The second-order valence-corrected chi connectivity index (χ2v) is 5.89. The van der Waals surface area contributed by atoms with Crippen molar-refractivity contribution in [3.8, 4) is 0 Å². The summed E-state index contributed by atoms with van der Waals surface area (Å²) in [5.41, 5.74) is 0.369. The van der Waals surface area contributed by atoms with Gasteiger partial charge in [-0.1, -0.05) is 11.6 Å². The number of amides is 1. The first-order chi connectivity index (χ1) is 10.1. The number of hydrogen-bond acceptors (Lipinski definition) is 6. The molecule has 0 aromatic carbocycles. The minimum Gasteiger partial charge on any atom is -0.298 e. The van der Waals surface area contributed by atoms with E-state index in [9.17, 15) is 14.9 Å². The number of rotatable bonds is 3. The Labute approximate surface area is 128 Å². The summed E-state index contributed by atoms with van der Waals surface area (Å²) in [6.07, 6.45) is 4.20. The zero-order valence-corrected chi connectivity index (χ0v) is 12.2. The molecule has 0 atom stereocenters. The number of nitro groups is 1. The number of aryl methyl sites for hydroxylation is 2. The number of aromatic nitrogens is 2. The molecule has 1 N–H and O–H groups in total. The molecule has 0 radical (unpaired) electrons. The summed E-state index contributed by atoms with van der Waals surface area (Å²) in [6, 6.07) is 1.26. The monoisotopic (exact) mass is 324 g/mol. The number of nitrogens with one attached hydrogen (secondary N) is 1. The highest BCUT2D eigenvalue weighted by molar-refractivity contribution is 7.16. The highest BCUT2D eigenvalue weighted by Gasteiger charge is 2.26. The first-order valence-corrected chi connectivity index (χ1v) is 7.34. The van der Waals surface area contributed by atoms with Gasteiger partial charge in [0.05, 0.1) is 10.6 Å². The van der Waals surface area contributed by atoms with Crippen LogP contribution in [0.2, 0.25) is 5.15 Å². The van der Waals surface area contributed by atoms with Crippen LogP contribution in [-0.2, 0) is 12.8 Å². The Morgan fingerprint density at radius 3 is 3.00 bits per heavy atom. The van der Waals surface area contributed by atoms with Gasteiger partial charge < -0.3 is 0 Å². The molecule has 1 aliphatic carbocycles. The SMILES string of the molecule is O=C(Nc1nc2c(s1)CCC2)c1ccnc(Cl)c1[N+](=O)[O-]. The smallest absolute Gasteiger partial charge is 0.298 e. The van der Waals surface area contributed by atoms with Crippen molar-refractivity contribution >= 4 is 39.7 Å². The van der Waals surface area contributed by atoms with E-state index in [0.29, 0.717) is 5.13 Å². The molecule has 7 nitrogen and oxygen atoms in total. The van der Waals surface area contributed by atoms with E-state index in [-0.39, 0.29) is 10.7 Å². The number of carbonyl (C=O) groups is 1. The van der Waals surface area contributed by atoms with Crippen LogP contribution in [0.4, 0.5) is 10.8 Å². The fourth-order valence-corrected chi connectivity index (χ4v) is 3.47. The molecule has 2 aromatic heterocycles. The van der Waals surface area contributed by atoms with Gasteiger partial charge in [0.15, 0.2) is 5.13 Å². The quantitative estimate of drug-likeness (QED) is 0.532. The molecule has 0 fully saturated rings. The number of fused-ring (bicyclic) bond motifs is 1. The lowest BCUT2D eigenvalue weighted by molar-refractivity contribution is -0.385. The number of hydrogen-bond donors (Lipinski definition) is 1. The van der Waals surface area contributed by atoms with Crippen LogP contribution in [0.3, 0.4) is 0 Å². The van der Waals surface area contributed by atoms with Gasteiger partial charge in [-0.05, 0) is 25.3 Å². The topological polar surface area (TPSA) is 98.0 Å². The summed E-state index contributed by atoms with van der Waals surface area (Å²) in [6.45, 7) is 0. The molecule has 3 rings (SSSR count). The van der Waals surface area contributed by atoms with E-state index in [1.807, 2.05) is 0 Å². The Morgan fingerprint density at radius 2 is 2.29 bits per heavy atom. The Bertz CT molecular complexity index is 725. The van der Waals surface area contributed by atoms with Gasteiger partial charge in [-0.3, -0.25) is 20.2 Å². The van der Waals surface area contributed by atoms with E-state index in [4.69, 9.17) is 11.6 Å². The molecule has 9 heteroatoms. The van der Waals surface area contributed by atoms with Gasteiger partial charge in [-0.2, -0.15) is 0 Å². The van der Waals surface area contributed by atoms with Gasteiger partial charge in [0, 0.05) is 11.1 Å². The van der Waals surface area contributed by atoms with Crippen molar-refractivity contribution in [3.63, 3.8) is 0 Å². The van der Waals surface area contributed by atoms with Crippen molar-refractivity contribution in [2.24, 2.45) is 0 Å². The van der Waals surface area contributed by atoms with E-state index in [2.05, 4.69) is 15.3 Å². The molecular weight excluding hydrogens is 316 g/mol. The zero-order valence-electron chi connectivity index (χ0n) is 10.6. The van der Waals surface area contributed by atoms with Crippen molar-refractivity contribution in [2.45, 2.75) is 19.3 Å². The maximum Gasteiger partial charge on any atom is 0.319 e. The standard InChI is InChI=1S/C12H9ClN4O3S/c13-10-9(17(19)20)6(4-5-14-10)11(18)16-12-15-7-2-1-3-8(7)21-12/h4-5H,1-3H2,(H,15,16,18). The average Bonchev–Trinajstić information content (AvgIpc) is 2.98. The number of thiazole rings is 1. The summed E-state index contributed by atoms with van der Waals surface area (Å²) in [7, 11) is 0. The lowest BCUT2D eigenvalue weighted by Crippen LogP contribution is -2.14. The molecule has 21 heavy (non-hydrogen) atoms. The fourth-order valence-electron chi connectivity index (χ4n) is 2.19. The lowest BCUT2D eigenvalue weighted by atomic mass is 10.2. The second-order valence-electron chi connectivity index (χ2n) is 4.45. The maximum atomic E-state index is 12.2. The van der Waals surface area contributed by atoms with Crippen LogP contribution in [-0.4, -0.2) is 20.8 Å². The number of nitrogens with zero attached hydrogens (tertiary/aromatic N) is 3. The predicted molar refractivity (Wildman–Crippen MR) is 78.0 cm³/mol. The molecule has 108 valence electrons. The molecule has 0 aliphatic heterocycles. The van der Waals surface area contributed by atoms with Crippen molar-refractivity contribution < 1.29 is 9.72 Å². The molecule has 0 spiro atoms. The maximum absolute atomic E-state index is 12.2. The van der Waals surface area contributed by atoms with E-state index < -0.39 is 16.5 Å². The summed E-state index contributed by atoms with van der Waals surface area (Å²) in [5, 5.41) is 13.7. The molecule has 0 saturated heterocycles. The molecule has 0 saturated carbocycles. The molecule has 0 unspecified atom stereocenters. The Hall–Kier alpha value is -2.06. The molecule has 0 bridgehead atoms. The Kier molecular flexibility index (Phi) is 3.56. The number of carbonyl (C=O) groups excluding carboxylic acids is 1. The molecule has 1 amide bonds. The number of anilines is 1. The highest BCUT2D eigenvalue weighted by Crippen LogP contribution is 2.31. The predicted octanol–water partition coefficient (Wildman–Crippen LogP) is 2.84. The third-order valence-corrected chi connectivity index (χ3v) is 4.47. The van der Waals surface area contributed by atoms with Crippen molar-refractivity contribution in [1.82, 2.24) is 9.97 Å². The van der Waals surface area contributed by atoms with Gasteiger partial charge in [-0.15, -0.1) is 11.3 Å². The minimum atomic E-state index is -0.716. The van der Waals surface area contributed by atoms with Gasteiger partial charge >= 0.3 is 5.69 Å². The number of pyridine rings is 1. The summed E-state index contributed by atoms with van der Waals surface area (Å²) in [5.74, 6) is -0.613. The molecule has 2 aromatic rings. The van der Waals surface area contributed by atoms with Gasteiger partial charge in [0.2, 0.25) is 5.15 Å². The number of halogens is 1. The van der Waals surface area contributed by atoms with Crippen molar-refractivity contribution in [1.29, 1.82) is 0 Å².